The highest BCUT2D eigenvalue weighted by Crippen LogP contribution is 2.33. The van der Waals surface area contributed by atoms with E-state index in [1.165, 1.54) is 7.11 Å². The van der Waals surface area contributed by atoms with Gasteiger partial charge in [0.05, 0.1) is 18.4 Å². The molecule has 7 rings (SSSR count). The number of carbonyl (C=O) groups excluding carboxylic acids is 3. The number of aliphatic hydroxyl groups excluding tert-OH is 1. The van der Waals surface area contributed by atoms with Crippen LogP contribution in [0.1, 0.15) is 24.6 Å². The van der Waals surface area contributed by atoms with Crippen molar-refractivity contribution in [3.8, 4) is 0 Å². The number of aliphatic hydroxyl groups is 1. The van der Waals surface area contributed by atoms with Crippen molar-refractivity contribution in [2.75, 3.05) is 19.0 Å². The Balaban J connectivity index is 1.22. The lowest BCUT2D eigenvalue weighted by atomic mass is 9.95. The molecular weight excluding hydrogens is 674 g/mol. The van der Waals surface area contributed by atoms with E-state index in [1.807, 2.05) is 36.4 Å². The molecule has 2 aromatic heterocycles. The summed E-state index contributed by atoms with van der Waals surface area (Å²) in [4.78, 5) is 50.4. The Hall–Kier alpha value is -5.57. The fourth-order valence-electron chi connectivity index (χ4n) is 6.35. The van der Waals surface area contributed by atoms with Crippen LogP contribution >= 0.6 is 0 Å². The zero-order valence-corrected chi connectivity index (χ0v) is 28.2. The number of para-hydroxylation sites is 5. The molecule has 7 atom stereocenters. The second kappa shape index (κ2) is 15.8. The SMILES string of the molecule is CO[C@H]1O[C@H](CO)[C@@H](OC(=O)Nc2ccccc2)[C@@H]2OC(=O)[C@@H](Cc3nc4ccccc4o3)CC=CC[C@H](Cc3nc4ccccc4o3)C(=O)O[C@H]12. The summed E-state index contributed by atoms with van der Waals surface area (Å²) in [5.41, 5.74) is 2.87. The molecule has 14 nitrogen and oxygen atoms in total. The van der Waals surface area contributed by atoms with Crippen molar-refractivity contribution in [1.82, 2.24) is 9.97 Å². The number of rotatable bonds is 8. The van der Waals surface area contributed by atoms with Crippen LogP contribution in [0.2, 0.25) is 0 Å². The minimum Gasteiger partial charge on any atom is -0.454 e. The van der Waals surface area contributed by atoms with E-state index in [0.29, 0.717) is 39.7 Å². The Bertz CT molecular complexity index is 1980. The predicted molar refractivity (Wildman–Crippen MR) is 184 cm³/mol. The number of nitrogens with zero attached hydrogens (tertiary/aromatic N) is 2. The van der Waals surface area contributed by atoms with Crippen molar-refractivity contribution in [3.63, 3.8) is 0 Å². The predicted octanol–water partition coefficient (Wildman–Crippen LogP) is 5.14. The number of amides is 1. The van der Waals surface area contributed by atoms with Crippen molar-refractivity contribution in [2.24, 2.45) is 11.8 Å². The molecule has 1 saturated heterocycles. The summed E-state index contributed by atoms with van der Waals surface area (Å²) in [5.74, 6) is -2.32. The van der Waals surface area contributed by atoms with Gasteiger partial charge in [-0.05, 0) is 49.2 Å². The molecule has 0 unspecified atom stereocenters. The molecular formula is C38H37N3O11. The highest BCUT2D eigenvalue weighted by atomic mass is 16.7. The Morgan fingerprint density at radius 3 is 1.87 bits per heavy atom. The molecule has 0 saturated carbocycles. The zero-order valence-electron chi connectivity index (χ0n) is 28.2. The van der Waals surface area contributed by atoms with E-state index in [9.17, 15) is 19.5 Å². The molecule has 270 valence electrons. The summed E-state index contributed by atoms with van der Waals surface area (Å²) in [5, 5.41) is 13.0. The average Bonchev–Trinajstić information content (AvgIpc) is 3.76. The van der Waals surface area contributed by atoms with Crippen LogP contribution in [0.3, 0.4) is 0 Å². The quantitative estimate of drug-likeness (QED) is 0.123. The van der Waals surface area contributed by atoms with Gasteiger partial charge in [-0.3, -0.25) is 14.9 Å². The van der Waals surface area contributed by atoms with Crippen molar-refractivity contribution < 1.29 is 52.0 Å². The first kappa shape index (κ1) is 34.9. The van der Waals surface area contributed by atoms with E-state index < -0.39 is 67.2 Å². The topological polar surface area (TPSA) is 182 Å². The van der Waals surface area contributed by atoms with Crippen molar-refractivity contribution in [1.29, 1.82) is 0 Å². The maximum Gasteiger partial charge on any atom is 0.412 e. The first-order chi connectivity index (χ1) is 25.4. The molecule has 1 amide bonds. The Kier molecular flexibility index (Phi) is 10.6. The Morgan fingerprint density at radius 1 is 0.788 bits per heavy atom. The third-order valence-electron chi connectivity index (χ3n) is 8.96. The summed E-state index contributed by atoms with van der Waals surface area (Å²) in [6.07, 6.45) is -3.58. The van der Waals surface area contributed by atoms with Crippen LogP contribution in [-0.4, -0.2) is 77.5 Å². The number of allylic oxidation sites excluding steroid dienone is 2. The van der Waals surface area contributed by atoms with Crippen LogP contribution in [0.15, 0.2) is 99.8 Å². The van der Waals surface area contributed by atoms with Gasteiger partial charge in [0.15, 0.2) is 47.5 Å². The number of methoxy groups -OCH3 is 1. The van der Waals surface area contributed by atoms with Crippen LogP contribution in [-0.2, 0) is 46.1 Å². The van der Waals surface area contributed by atoms with Gasteiger partial charge in [-0.2, -0.15) is 0 Å². The summed E-state index contributed by atoms with van der Waals surface area (Å²) in [6, 6.07) is 23.1. The first-order valence-corrected chi connectivity index (χ1v) is 16.9. The van der Waals surface area contributed by atoms with E-state index in [2.05, 4.69) is 15.3 Å². The van der Waals surface area contributed by atoms with Crippen molar-refractivity contribution in [2.45, 2.75) is 56.4 Å². The van der Waals surface area contributed by atoms with Crippen LogP contribution < -0.4 is 5.32 Å². The molecule has 14 heteroatoms. The number of anilines is 1. The molecule has 5 aromatic rings. The number of oxazole rings is 2. The van der Waals surface area contributed by atoms with Gasteiger partial charge in [-0.25, -0.2) is 14.8 Å². The van der Waals surface area contributed by atoms with Crippen molar-refractivity contribution >= 4 is 45.9 Å². The average molecular weight is 712 g/mol. The van der Waals surface area contributed by atoms with E-state index in [-0.39, 0.29) is 25.7 Å². The molecule has 4 heterocycles. The number of fused-ring (bicyclic) bond motifs is 3. The summed E-state index contributed by atoms with van der Waals surface area (Å²) in [7, 11) is 1.32. The van der Waals surface area contributed by atoms with Gasteiger partial charge in [-0.15, -0.1) is 0 Å². The fraction of sp³-hybridized carbons (Fsp3) is 0.342. The molecule has 2 aliphatic rings. The van der Waals surface area contributed by atoms with E-state index >= 15 is 0 Å². The first-order valence-electron chi connectivity index (χ1n) is 16.9. The van der Waals surface area contributed by atoms with E-state index in [1.54, 1.807) is 54.6 Å². The van der Waals surface area contributed by atoms with Gasteiger partial charge in [0.2, 0.25) is 0 Å². The highest BCUT2D eigenvalue weighted by Gasteiger charge is 2.53. The van der Waals surface area contributed by atoms with Gasteiger partial charge < -0.3 is 37.6 Å². The molecule has 0 bridgehead atoms. The van der Waals surface area contributed by atoms with Crippen LogP contribution in [0.25, 0.3) is 22.2 Å². The monoisotopic (exact) mass is 711 g/mol. The molecule has 1 fully saturated rings. The summed E-state index contributed by atoms with van der Waals surface area (Å²) >= 11 is 0. The molecule has 0 spiro atoms. The molecule has 2 N–H and O–H groups in total. The molecule has 52 heavy (non-hydrogen) atoms. The highest BCUT2D eigenvalue weighted by molar-refractivity contribution is 5.84. The minimum absolute atomic E-state index is 0.0784. The van der Waals surface area contributed by atoms with Crippen LogP contribution in [0, 0.1) is 11.8 Å². The standard InChI is InChI=1S/C38H37N3O11/c1-46-37-34-33(32(29(21-42)49-37)52-38(45)39-24-13-3-2-4-14-24)50-35(43)22(19-30-40-25-15-7-9-17-27(25)47-30)11-5-6-12-23(36(44)51-34)20-31-41-26-16-8-10-18-28(26)48-31/h2-10,13-18,22-23,29,32-34,37,42H,11-12,19-21H2,1H3,(H,39,45)/t22-,23-,29-,32-,33+,34+,37+/m1/s1. The van der Waals surface area contributed by atoms with Crippen LogP contribution in [0.4, 0.5) is 10.5 Å². The lowest BCUT2D eigenvalue weighted by molar-refractivity contribution is -0.300. The number of hydrogen-bond donors (Lipinski definition) is 2. The molecule has 3 aromatic carbocycles. The number of hydrogen-bond acceptors (Lipinski definition) is 13. The summed E-state index contributed by atoms with van der Waals surface area (Å²) < 4.78 is 41.4. The van der Waals surface area contributed by atoms with E-state index in [4.69, 9.17) is 32.5 Å². The molecule has 2 aliphatic heterocycles. The molecule has 0 aliphatic carbocycles. The number of ether oxygens (including phenoxy) is 5. The number of esters is 2. The van der Waals surface area contributed by atoms with Gasteiger partial charge >= 0.3 is 18.0 Å². The van der Waals surface area contributed by atoms with Crippen molar-refractivity contribution in [3.05, 3.63) is 103 Å². The van der Waals surface area contributed by atoms with Gasteiger partial charge in [-0.1, -0.05) is 54.6 Å². The number of nitrogens with one attached hydrogen (secondary N) is 1. The molecule has 0 radical (unpaired) electrons. The largest absolute Gasteiger partial charge is 0.454 e. The lowest BCUT2D eigenvalue weighted by Crippen LogP contribution is -2.63. The van der Waals surface area contributed by atoms with Gasteiger partial charge in [0.25, 0.3) is 0 Å². The smallest absolute Gasteiger partial charge is 0.412 e. The van der Waals surface area contributed by atoms with Crippen LogP contribution in [0.5, 0.6) is 0 Å². The summed E-state index contributed by atoms with van der Waals surface area (Å²) in [6.45, 7) is -0.646. The fourth-order valence-corrected chi connectivity index (χ4v) is 6.35. The Morgan fingerprint density at radius 2 is 1.33 bits per heavy atom. The second-order valence-electron chi connectivity index (χ2n) is 12.5. The lowest BCUT2D eigenvalue weighted by Gasteiger charge is -2.44. The maximum atomic E-state index is 14.1. The number of carbonyl (C=O) groups is 3. The van der Waals surface area contributed by atoms with Gasteiger partial charge in [0, 0.05) is 25.6 Å². The third-order valence-corrected chi connectivity index (χ3v) is 8.96. The Labute approximate surface area is 297 Å². The van der Waals surface area contributed by atoms with Gasteiger partial charge in [0.1, 0.15) is 17.1 Å². The normalized spacial score (nSPS) is 25.4. The minimum atomic E-state index is -1.46. The number of benzene rings is 3. The number of aromatic nitrogens is 2. The zero-order chi connectivity index (χ0) is 36.0. The maximum absolute atomic E-state index is 14.1. The third kappa shape index (κ3) is 7.83. The van der Waals surface area contributed by atoms with E-state index in [0.717, 1.165) is 0 Å². The second-order valence-corrected chi connectivity index (χ2v) is 12.5.